The molecule has 3 rings (SSSR count). The minimum absolute atomic E-state index is 0.0248. The van der Waals surface area contributed by atoms with Gasteiger partial charge in [-0.05, 0) is 45.0 Å². The number of rotatable bonds is 5. The van der Waals surface area contributed by atoms with Gasteiger partial charge in [-0.25, -0.2) is 4.39 Å². The number of nitrogens with one attached hydrogen (secondary N) is 1. The Balaban J connectivity index is 1.68. The molecule has 0 aromatic heterocycles. The van der Waals surface area contributed by atoms with Crippen molar-refractivity contribution in [3.8, 4) is 0 Å². The van der Waals surface area contributed by atoms with Crippen LogP contribution in [0.5, 0.6) is 0 Å². The lowest BCUT2D eigenvalue weighted by Gasteiger charge is -2.36. The maximum Gasteiger partial charge on any atom is 0.223 e. The predicted molar refractivity (Wildman–Crippen MR) is 96.3 cm³/mol. The number of carbonyl (C=O) groups is 1. The van der Waals surface area contributed by atoms with E-state index in [2.05, 4.69) is 22.2 Å². The van der Waals surface area contributed by atoms with E-state index in [0.717, 1.165) is 56.9 Å². The van der Waals surface area contributed by atoms with E-state index in [4.69, 9.17) is 4.74 Å². The maximum absolute atomic E-state index is 13.8. The van der Waals surface area contributed by atoms with Crippen molar-refractivity contribution in [2.45, 2.75) is 38.3 Å². The van der Waals surface area contributed by atoms with E-state index in [0.29, 0.717) is 6.42 Å². The van der Waals surface area contributed by atoms with Crippen LogP contribution in [0.3, 0.4) is 0 Å². The Morgan fingerprint density at radius 3 is 2.80 bits per heavy atom. The summed E-state index contributed by atoms with van der Waals surface area (Å²) in [4.78, 5) is 16.9. The highest BCUT2D eigenvalue weighted by Crippen LogP contribution is 2.28. The smallest absolute Gasteiger partial charge is 0.223 e. The van der Waals surface area contributed by atoms with E-state index < -0.39 is 0 Å². The highest BCUT2D eigenvalue weighted by Gasteiger charge is 2.23. The van der Waals surface area contributed by atoms with Gasteiger partial charge < -0.3 is 19.9 Å². The molecule has 2 atom stereocenters. The Labute approximate surface area is 149 Å². The number of ether oxygens (including phenoxy) is 1. The Hall–Kier alpha value is -1.66. The lowest BCUT2D eigenvalue weighted by atomic mass is 10.0. The van der Waals surface area contributed by atoms with Gasteiger partial charge in [-0.1, -0.05) is 0 Å². The van der Waals surface area contributed by atoms with Gasteiger partial charge in [0.25, 0.3) is 0 Å². The second-order valence-corrected chi connectivity index (χ2v) is 7.12. The van der Waals surface area contributed by atoms with Gasteiger partial charge >= 0.3 is 0 Å². The largest absolute Gasteiger partial charge is 0.378 e. The fourth-order valence-corrected chi connectivity index (χ4v) is 3.60. The molecule has 1 aromatic carbocycles. The molecule has 0 spiro atoms. The first-order valence-corrected chi connectivity index (χ1v) is 9.17. The number of piperazine rings is 1. The lowest BCUT2D eigenvalue weighted by molar-refractivity contribution is -0.123. The molecule has 1 amide bonds. The fraction of sp³-hybridized carbons (Fsp3) is 0.632. The van der Waals surface area contributed by atoms with Crippen LogP contribution in [0.15, 0.2) is 18.2 Å². The molecule has 0 unspecified atom stereocenters. The molecule has 6 heteroatoms. The number of hydrogen-bond donors (Lipinski definition) is 1. The molecule has 0 aliphatic carbocycles. The van der Waals surface area contributed by atoms with Gasteiger partial charge in [0, 0.05) is 44.0 Å². The van der Waals surface area contributed by atoms with E-state index in [1.54, 1.807) is 6.07 Å². The van der Waals surface area contributed by atoms with Crippen molar-refractivity contribution < 1.29 is 13.9 Å². The number of benzene rings is 1. The quantitative estimate of drug-likeness (QED) is 0.886. The van der Waals surface area contributed by atoms with E-state index >= 15 is 0 Å². The van der Waals surface area contributed by atoms with Crippen molar-refractivity contribution in [2.24, 2.45) is 0 Å². The molecule has 0 radical (unpaired) electrons. The summed E-state index contributed by atoms with van der Waals surface area (Å²) in [6.45, 7) is 6.44. The molecule has 5 nitrogen and oxygen atoms in total. The molecule has 1 aromatic rings. The van der Waals surface area contributed by atoms with Gasteiger partial charge in [0.2, 0.25) is 5.91 Å². The third-order valence-electron chi connectivity index (χ3n) is 5.11. The number of anilines is 1. The number of halogens is 1. The number of carbonyl (C=O) groups excluding carboxylic acids is 1. The Morgan fingerprint density at radius 2 is 2.12 bits per heavy atom. The fourth-order valence-electron chi connectivity index (χ4n) is 3.60. The molecule has 25 heavy (non-hydrogen) atoms. The Morgan fingerprint density at radius 1 is 1.36 bits per heavy atom. The number of nitrogens with zero attached hydrogens (tertiary/aromatic N) is 2. The van der Waals surface area contributed by atoms with E-state index in [1.807, 2.05) is 13.0 Å². The number of amides is 1. The minimum Gasteiger partial charge on any atom is -0.378 e. The van der Waals surface area contributed by atoms with E-state index in [-0.39, 0.29) is 23.9 Å². The van der Waals surface area contributed by atoms with Crippen LogP contribution >= 0.6 is 0 Å². The minimum atomic E-state index is -0.270. The predicted octanol–water partition coefficient (Wildman–Crippen LogP) is 2.32. The second-order valence-electron chi connectivity index (χ2n) is 7.12. The SMILES string of the molecule is C[C@@H](NC(=O)C[C@H]1CCCO1)c1cc(F)ccc1N1CCN(C)CC1. The Bertz CT molecular complexity index is 596. The van der Waals surface area contributed by atoms with Crippen LogP contribution in [-0.4, -0.2) is 56.7 Å². The summed E-state index contributed by atoms with van der Waals surface area (Å²) in [7, 11) is 2.11. The van der Waals surface area contributed by atoms with Crippen molar-refractivity contribution in [1.29, 1.82) is 0 Å². The third kappa shape index (κ3) is 4.70. The second kappa shape index (κ2) is 8.15. The first-order valence-electron chi connectivity index (χ1n) is 9.17. The van der Waals surface area contributed by atoms with Gasteiger partial charge in [0.1, 0.15) is 5.82 Å². The van der Waals surface area contributed by atoms with Gasteiger partial charge in [-0.3, -0.25) is 4.79 Å². The summed E-state index contributed by atoms with van der Waals surface area (Å²) in [5.41, 5.74) is 1.85. The van der Waals surface area contributed by atoms with Crippen LogP contribution in [0.1, 0.15) is 37.8 Å². The zero-order valence-electron chi connectivity index (χ0n) is 15.1. The van der Waals surface area contributed by atoms with Crippen LogP contribution in [-0.2, 0) is 9.53 Å². The van der Waals surface area contributed by atoms with Gasteiger partial charge in [-0.15, -0.1) is 0 Å². The summed E-state index contributed by atoms with van der Waals surface area (Å²) in [5.74, 6) is -0.305. The number of likely N-dealkylation sites (N-methyl/N-ethyl adjacent to an activating group) is 1. The standard InChI is InChI=1S/C19H28FN3O2/c1-14(21-19(24)13-16-4-3-11-25-16)17-12-15(20)5-6-18(17)23-9-7-22(2)8-10-23/h5-6,12,14,16H,3-4,7-11,13H2,1-2H3,(H,21,24)/t14-,16-/m1/s1. The van der Waals surface area contributed by atoms with Crippen molar-refractivity contribution >= 4 is 11.6 Å². The summed E-state index contributed by atoms with van der Waals surface area (Å²) in [6, 6.07) is 4.64. The van der Waals surface area contributed by atoms with Crippen LogP contribution in [0.4, 0.5) is 10.1 Å². The monoisotopic (exact) mass is 349 g/mol. The first kappa shape index (κ1) is 18.1. The zero-order chi connectivity index (χ0) is 17.8. The molecule has 2 aliphatic rings. The highest BCUT2D eigenvalue weighted by atomic mass is 19.1. The Kier molecular flexibility index (Phi) is 5.91. The van der Waals surface area contributed by atoms with Gasteiger partial charge in [0.15, 0.2) is 0 Å². The maximum atomic E-state index is 13.8. The average Bonchev–Trinajstić information content (AvgIpc) is 3.08. The molecular weight excluding hydrogens is 321 g/mol. The average molecular weight is 349 g/mol. The molecule has 2 saturated heterocycles. The van der Waals surface area contributed by atoms with Crippen LogP contribution in [0.25, 0.3) is 0 Å². The first-order chi connectivity index (χ1) is 12.0. The van der Waals surface area contributed by atoms with Crippen molar-refractivity contribution in [3.63, 3.8) is 0 Å². The molecular formula is C19H28FN3O2. The van der Waals surface area contributed by atoms with Gasteiger partial charge in [0.05, 0.1) is 18.6 Å². The highest BCUT2D eigenvalue weighted by molar-refractivity contribution is 5.77. The molecule has 2 fully saturated rings. The van der Waals surface area contributed by atoms with Crippen molar-refractivity contribution in [3.05, 3.63) is 29.6 Å². The van der Waals surface area contributed by atoms with Crippen molar-refractivity contribution in [1.82, 2.24) is 10.2 Å². The van der Waals surface area contributed by atoms with Crippen molar-refractivity contribution in [2.75, 3.05) is 44.7 Å². The molecule has 0 saturated carbocycles. The molecule has 138 valence electrons. The summed E-state index contributed by atoms with van der Waals surface area (Å²) >= 11 is 0. The molecule has 1 N–H and O–H groups in total. The molecule has 2 aliphatic heterocycles. The van der Waals surface area contributed by atoms with Crippen LogP contribution in [0.2, 0.25) is 0 Å². The lowest BCUT2D eigenvalue weighted by Crippen LogP contribution is -2.45. The zero-order valence-corrected chi connectivity index (χ0v) is 15.1. The summed E-state index contributed by atoms with van der Waals surface area (Å²) in [6.07, 6.45) is 2.36. The van der Waals surface area contributed by atoms with Crippen LogP contribution < -0.4 is 10.2 Å². The topological polar surface area (TPSA) is 44.8 Å². The molecule has 0 bridgehead atoms. The molecule has 2 heterocycles. The number of hydrogen-bond acceptors (Lipinski definition) is 4. The van der Waals surface area contributed by atoms with E-state index in [1.165, 1.54) is 6.07 Å². The third-order valence-corrected chi connectivity index (χ3v) is 5.11. The van der Waals surface area contributed by atoms with Crippen LogP contribution in [0, 0.1) is 5.82 Å². The summed E-state index contributed by atoms with van der Waals surface area (Å²) < 4.78 is 19.4. The van der Waals surface area contributed by atoms with Gasteiger partial charge in [-0.2, -0.15) is 0 Å². The van der Waals surface area contributed by atoms with E-state index in [9.17, 15) is 9.18 Å². The summed E-state index contributed by atoms with van der Waals surface area (Å²) in [5, 5.41) is 3.02. The normalized spacial score (nSPS) is 22.8.